The molecule has 0 radical (unpaired) electrons. The maximum absolute atomic E-state index is 13.4. The van der Waals surface area contributed by atoms with Crippen LogP contribution in [-0.2, 0) is 24.0 Å². The molecule has 3 aliphatic heterocycles. The van der Waals surface area contributed by atoms with E-state index in [1.165, 1.54) is 12.2 Å². The molecular formula is C23H25N5O9. The maximum Gasteiger partial charge on any atom is 0.358 e. The monoisotopic (exact) mass is 515 g/mol. The number of carbonyl (C=O) groups excluding carboxylic acids is 5. The van der Waals surface area contributed by atoms with Crippen LogP contribution in [0.15, 0.2) is 24.3 Å². The van der Waals surface area contributed by atoms with Crippen molar-refractivity contribution in [3.05, 3.63) is 29.8 Å². The van der Waals surface area contributed by atoms with Crippen LogP contribution in [0.25, 0.3) is 6.08 Å². The molecule has 5 amide bonds. The zero-order valence-corrected chi connectivity index (χ0v) is 19.6. The van der Waals surface area contributed by atoms with Crippen molar-refractivity contribution in [3.63, 3.8) is 0 Å². The van der Waals surface area contributed by atoms with Crippen LogP contribution in [0.5, 0.6) is 11.5 Å². The van der Waals surface area contributed by atoms with Gasteiger partial charge in [0.25, 0.3) is 5.91 Å². The summed E-state index contributed by atoms with van der Waals surface area (Å²) in [7, 11) is 0. The van der Waals surface area contributed by atoms with Crippen LogP contribution >= 0.6 is 0 Å². The highest BCUT2D eigenvalue weighted by atomic mass is 16.7. The second-order valence-corrected chi connectivity index (χ2v) is 8.47. The highest BCUT2D eigenvalue weighted by Gasteiger charge is 2.44. The fourth-order valence-corrected chi connectivity index (χ4v) is 4.18. The summed E-state index contributed by atoms with van der Waals surface area (Å²) in [5.41, 5.74) is 3.09. The Morgan fingerprint density at radius 1 is 1.16 bits per heavy atom. The maximum atomic E-state index is 13.4. The molecule has 0 aromatic heterocycles. The van der Waals surface area contributed by atoms with Gasteiger partial charge in [-0.3, -0.25) is 24.6 Å². The molecule has 1 aromatic carbocycles. The van der Waals surface area contributed by atoms with Crippen molar-refractivity contribution in [1.82, 2.24) is 25.8 Å². The van der Waals surface area contributed by atoms with Crippen molar-refractivity contribution in [2.45, 2.75) is 37.8 Å². The molecule has 14 heteroatoms. The van der Waals surface area contributed by atoms with Crippen molar-refractivity contribution in [2.24, 2.45) is 0 Å². The molecule has 0 spiro atoms. The molecule has 0 saturated carbocycles. The van der Waals surface area contributed by atoms with Crippen LogP contribution < -0.4 is 20.2 Å². The van der Waals surface area contributed by atoms with Crippen molar-refractivity contribution < 1.29 is 43.3 Å². The molecule has 4 rings (SSSR count). The van der Waals surface area contributed by atoms with E-state index in [-0.39, 0.29) is 32.7 Å². The van der Waals surface area contributed by atoms with Crippen LogP contribution in [0.2, 0.25) is 0 Å². The van der Waals surface area contributed by atoms with Gasteiger partial charge in [0.05, 0.1) is 19.0 Å². The van der Waals surface area contributed by atoms with E-state index in [4.69, 9.17) is 14.6 Å². The molecule has 3 N–H and O–H groups in total. The van der Waals surface area contributed by atoms with Crippen LogP contribution in [0.1, 0.15) is 31.2 Å². The lowest BCUT2D eigenvalue weighted by molar-refractivity contribution is -0.155. The van der Waals surface area contributed by atoms with E-state index in [9.17, 15) is 28.8 Å². The molecule has 14 nitrogen and oxygen atoms in total. The average Bonchev–Trinajstić information content (AvgIpc) is 3.31. The highest BCUT2D eigenvalue weighted by Crippen LogP contribution is 2.32. The molecule has 1 aromatic rings. The summed E-state index contributed by atoms with van der Waals surface area (Å²) in [5.74, 6) is -2.00. The predicted molar refractivity (Wildman–Crippen MR) is 123 cm³/mol. The SMILES string of the molecule is O=CC(CC(=O)O)NC(=O)C1CCCN2C(=O)CCN(NC(=O)/C=C/c3ccc4c(c3)OCO4)C(=O)N12. The Hall–Kier alpha value is -4.62. The molecule has 0 aliphatic carbocycles. The van der Waals surface area contributed by atoms with E-state index in [2.05, 4.69) is 10.7 Å². The Labute approximate surface area is 210 Å². The quantitative estimate of drug-likeness (QED) is 0.309. The predicted octanol–water partition coefficient (Wildman–Crippen LogP) is -0.348. The van der Waals surface area contributed by atoms with Gasteiger partial charge >= 0.3 is 12.0 Å². The number of hydrogen-bond donors (Lipinski definition) is 3. The first-order valence-electron chi connectivity index (χ1n) is 11.5. The van der Waals surface area contributed by atoms with Gasteiger partial charge in [0, 0.05) is 19.0 Å². The average molecular weight is 515 g/mol. The normalized spacial score (nSPS) is 19.8. The third-order valence-electron chi connectivity index (χ3n) is 5.92. The second-order valence-electron chi connectivity index (χ2n) is 8.47. The minimum absolute atomic E-state index is 0.0985. The summed E-state index contributed by atoms with van der Waals surface area (Å²) in [6, 6.07) is 1.83. The Balaban J connectivity index is 1.46. The zero-order valence-electron chi connectivity index (χ0n) is 19.6. The van der Waals surface area contributed by atoms with E-state index >= 15 is 0 Å². The summed E-state index contributed by atoms with van der Waals surface area (Å²) in [6.07, 6.45) is 2.86. The van der Waals surface area contributed by atoms with Gasteiger partial charge in [-0.15, -0.1) is 0 Å². The number of hydrazine groups is 2. The van der Waals surface area contributed by atoms with Gasteiger partial charge in [0.2, 0.25) is 18.6 Å². The smallest absolute Gasteiger partial charge is 0.358 e. The van der Waals surface area contributed by atoms with E-state index in [0.29, 0.717) is 29.8 Å². The molecule has 2 unspecified atom stereocenters. The number of carboxylic acid groups (broad SMARTS) is 1. The molecule has 196 valence electrons. The minimum Gasteiger partial charge on any atom is -0.481 e. The summed E-state index contributed by atoms with van der Waals surface area (Å²) in [4.78, 5) is 73.7. The van der Waals surface area contributed by atoms with Crippen LogP contribution in [0.4, 0.5) is 4.79 Å². The number of hydrogen-bond acceptors (Lipinski definition) is 8. The number of ether oxygens (including phenoxy) is 2. The summed E-state index contributed by atoms with van der Waals surface area (Å²) in [5, 5.41) is 14.3. The van der Waals surface area contributed by atoms with Crippen LogP contribution in [0.3, 0.4) is 0 Å². The van der Waals surface area contributed by atoms with E-state index in [1.807, 2.05) is 0 Å². The topological polar surface area (TPSA) is 175 Å². The summed E-state index contributed by atoms with van der Waals surface area (Å²) in [6.45, 7) is 0.172. The lowest BCUT2D eigenvalue weighted by Gasteiger charge is -2.42. The number of aldehydes is 1. The van der Waals surface area contributed by atoms with E-state index in [0.717, 1.165) is 15.0 Å². The first-order chi connectivity index (χ1) is 17.8. The first-order valence-corrected chi connectivity index (χ1v) is 11.5. The van der Waals surface area contributed by atoms with Crippen molar-refractivity contribution >= 4 is 42.1 Å². The van der Waals surface area contributed by atoms with E-state index < -0.39 is 48.2 Å². The van der Waals surface area contributed by atoms with Gasteiger partial charge in [-0.2, -0.15) is 0 Å². The van der Waals surface area contributed by atoms with Crippen molar-refractivity contribution in [2.75, 3.05) is 19.9 Å². The number of benzene rings is 1. The third-order valence-corrected chi connectivity index (χ3v) is 5.92. The fraction of sp³-hybridized carbons (Fsp3) is 0.391. The molecule has 2 atom stereocenters. The van der Waals surface area contributed by atoms with Gasteiger partial charge in [-0.1, -0.05) is 6.07 Å². The number of urea groups is 1. The number of amides is 5. The number of fused-ring (bicyclic) bond motifs is 2. The molecule has 2 saturated heterocycles. The number of nitrogens with one attached hydrogen (secondary N) is 2. The number of aliphatic carboxylic acids is 1. The second kappa shape index (κ2) is 11.0. The molecule has 3 aliphatic rings. The molecule has 0 bridgehead atoms. The van der Waals surface area contributed by atoms with Gasteiger partial charge < -0.3 is 24.7 Å². The third kappa shape index (κ3) is 5.79. The zero-order chi connectivity index (χ0) is 26.5. The number of nitrogens with zero attached hydrogens (tertiary/aromatic N) is 3. The standard InChI is InChI=1S/C23H25N5O9/c29-12-15(11-21(32)33)24-22(34)16-2-1-8-27-20(31)7-9-26(23(35)28(16)27)25-19(30)6-4-14-3-5-17-18(10-14)37-13-36-17/h3-6,10,12,15-16H,1-2,7-9,11,13H2,(H,24,34)(H,25,30)(H,32,33)/b6-4+. The van der Waals surface area contributed by atoms with E-state index in [1.54, 1.807) is 18.2 Å². The lowest BCUT2D eigenvalue weighted by Crippen LogP contribution is -2.64. The van der Waals surface area contributed by atoms with Crippen molar-refractivity contribution in [3.8, 4) is 11.5 Å². The van der Waals surface area contributed by atoms with Crippen LogP contribution in [-0.4, -0.2) is 88.1 Å². The Morgan fingerprint density at radius 3 is 2.70 bits per heavy atom. The molecule has 2 fully saturated rings. The fourth-order valence-electron chi connectivity index (χ4n) is 4.18. The largest absolute Gasteiger partial charge is 0.481 e. The van der Waals surface area contributed by atoms with Gasteiger partial charge in [0.15, 0.2) is 11.5 Å². The molecule has 37 heavy (non-hydrogen) atoms. The van der Waals surface area contributed by atoms with Gasteiger partial charge in [0.1, 0.15) is 12.3 Å². The number of carboxylic acids is 1. The lowest BCUT2D eigenvalue weighted by atomic mass is 10.1. The Morgan fingerprint density at radius 2 is 1.95 bits per heavy atom. The molecular weight excluding hydrogens is 490 g/mol. The Bertz CT molecular complexity index is 1150. The first kappa shape index (κ1) is 25.5. The van der Waals surface area contributed by atoms with Gasteiger partial charge in [-0.25, -0.2) is 19.8 Å². The summed E-state index contributed by atoms with van der Waals surface area (Å²) >= 11 is 0. The highest BCUT2D eigenvalue weighted by molar-refractivity contribution is 5.95. The Kier molecular flexibility index (Phi) is 7.55. The minimum atomic E-state index is -1.30. The molecule has 3 heterocycles. The van der Waals surface area contributed by atoms with Crippen molar-refractivity contribution in [1.29, 1.82) is 0 Å². The summed E-state index contributed by atoms with van der Waals surface area (Å²) < 4.78 is 10.5. The number of carbonyl (C=O) groups is 6. The van der Waals surface area contributed by atoms with Gasteiger partial charge in [-0.05, 0) is 36.6 Å². The number of rotatable bonds is 8. The van der Waals surface area contributed by atoms with Crippen LogP contribution in [0, 0.1) is 0 Å².